The normalized spacial score (nSPS) is 27.1. The molecule has 1 fully saturated rings. The van der Waals surface area contributed by atoms with Crippen LogP contribution in [0.25, 0.3) is 0 Å². The molecule has 0 radical (unpaired) electrons. The van der Waals surface area contributed by atoms with Gasteiger partial charge >= 0.3 is 5.97 Å². The SMILES string of the molecule is CCN(C(=O)C1(CN)CCC(C)CC1)C(C)(C)C(=O)O. The number of amides is 1. The fraction of sp³-hybridized carbons (Fsp3) is 0.867. The lowest BCUT2D eigenvalue weighted by atomic mass is 9.69. The fourth-order valence-electron chi connectivity index (χ4n) is 3.01. The summed E-state index contributed by atoms with van der Waals surface area (Å²) in [5, 5.41) is 9.36. The van der Waals surface area contributed by atoms with Crippen LogP contribution in [-0.2, 0) is 9.59 Å². The molecule has 1 aliphatic rings. The number of nitrogens with zero attached hydrogens (tertiary/aromatic N) is 1. The molecule has 1 saturated carbocycles. The van der Waals surface area contributed by atoms with Crippen LogP contribution in [0.5, 0.6) is 0 Å². The number of carbonyl (C=O) groups excluding carboxylic acids is 1. The largest absolute Gasteiger partial charge is 0.480 e. The Morgan fingerprint density at radius 1 is 1.35 bits per heavy atom. The molecule has 0 bridgehead atoms. The van der Waals surface area contributed by atoms with Gasteiger partial charge in [-0.05, 0) is 52.4 Å². The molecule has 20 heavy (non-hydrogen) atoms. The molecule has 0 saturated heterocycles. The average Bonchev–Trinajstić information content (AvgIpc) is 2.40. The number of rotatable bonds is 5. The average molecular weight is 284 g/mol. The maximum atomic E-state index is 12.9. The third kappa shape index (κ3) is 2.97. The van der Waals surface area contributed by atoms with E-state index in [0.29, 0.717) is 19.0 Å². The molecule has 0 unspecified atom stereocenters. The van der Waals surface area contributed by atoms with Gasteiger partial charge in [0.2, 0.25) is 5.91 Å². The number of carboxylic acid groups (broad SMARTS) is 1. The van der Waals surface area contributed by atoms with E-state index in [1.54, 1.807) is 13.8 Å². The van der Waals surface area contributed by atoms with Crippen LogP contribution in [0.4, 0.5) is 0 Å². The quantitative estimate of drug-likeness (QED) is 0.807. The second-order valence-electron chi connectivity index (χ2n) is 6.58. The Labute approximate surface area is 121 Å². The number of carboxylic acids is 1. The Morgan fingerprint density at radius 2 is 1.85 bits per heavy atom. The minimum Gasteiger partial charge on any atom is -0.480 e. The van der Waals surface area contributed by atoms with Crippen LogP contribution in [0.15, 0.2) is 0 Å². The highest BCUT2D eigenvalue weighted by atomic mass is 16.4. The number of likely N-dealkylation sites (N-methyl/N-ethyl adjacent to an activating group) is 1. The van der Waals surface area contributed by atoms with Crippen molar-refractivity contribution in [3.63, 3.8) is 0 Å². The monoisotopic (exact) mass is 284 g/mol. The Balaban J connectivity index is 3.03. The number of hydrogen-bond acceptors (Lipinski definition) is 3. The first kappa shape index (κ1) is 17.0. The lowest BCUT2D eigenvalue weighted by molar-refractivity contribution is -0.162. The van der Waals surface area contributed by atoms with Crippen molar-refractivity contribution in [3.8, 4) is 0 Å². The first-order chi connectivity index (χ1) is 9.21. The molecule has 0 spiro atoms. The summed E-state index contributed by atoms with van der Waals surface area (Å²) >= 11 is 0. The van der Waals surface area contributed by atoms with E-state index in [9.17, 15) is 14.7 Å². The van der Waals surface area contributed by atoms with E-state index in [2.05, 4.69) is 6.92 Å². The standard InChI is InChI=1S/C15H28N2O3/c1-5-17(14(3,4)13(19)20)12(18)15(10-16)8-6-11(2)7-9-15/h11H,5-10,16H2,1-4H3,(H,19,20). The topological polar surface area (TPSA) is 83.6 Å². The van der Waals surface area contributed by atoms with Crippen molar-refractivity contribution < 1.29 is 14.7 Å². The van der Waals surface area contributed by atoms with Gasteiger partial charge in [0.25, 0.3) is 0 Å². The molecular formula is C15H28N2O3. The zero-order valence-corrected chi connectivity index (χ0v) is 13.1. The molecular weight excluding hydrogens is 256 g/mol. The highest BCUT2D eigenvalue weighted by molar-refractivity contribution is 5.89. The van der Waals surface area contributed by atoms with E-state index in [-0.39, 0.29) is 5.91 Å². The van der Waals surface area contributed by atoms with Gasteiger partial charge in [-0.15, -0.1) is 0 Å². The van der Waals surface area contributed by atoms with E-state index < -0.39 is 16.9 Å². The number of aliphatic carboxylic acids is 1. The first-order valence-corrected chi connectivity index (χ1v) is 7.47. The van der Waals surface area contributed by atoms with E-state index in [1.807, 2.05) is 6.92 Å². The third-order valence-electron chi connectivity index (χ3n) is 4.84. The maximum Gasteiger partial charge on any atom is 0.329 e. The third-order valence-corrected chi connectivity index (χ3v) is 4.84. The summed E-state index contributed by atoms with van der Waals surface area (Å²) in [6, 6.07) is 0. The van der Waals surface area contributed by atoms with Crippen molar-refractivity contribution in [3.05, 3.63) is 0 Å². The van der Waals surface area contributed by atoms with Crippen molar-refractivity contribution in [2.45, 2.75) is 58.9 Å². The van der Waals surface area contributed by atoms with Gasteiger partial charge < -0.3 is 15.7 Å². The molecule has 0 aromatic rings. The zero-order valence-electron chi connectivity index (χ0n) is 13.1. The van der Waals surface area contributed by atoms with Crippen molar-refractivity contribution in [1.82, 2.24) is 4.90 Å². The van der Waals surface area contributed by atoms with Gasteiger partial charge in [0, 0.05) is 13.1 Å². The number of nitrogens with two attached hydrogens (primary N) is 1. The molecule has 5 heteroatoms. The lowest BCUT2D eigenvalue weighted by Crippen LogP contribution is -2.59. The van der Waals surface area contributed by atoms with Crippen molar-refractivity contribution >= 4 is 11.9 Å². The molecule has 3 N–H and O–H groups in total. The summed E-state index contributed by atoms with van der Waals surface area (Å²) in [4.78, 5) is 25.8. The second kappa shape index (κ2) is 6.12. The van der Waals surface area contributed by atoms with Crippen LogP contribution in [0.3, 0.4) is 0 Å². The van der Waals surface area contributed by atoms with Crippen LogP contribution in [0, 0.1) is 11.3 Å². The molecule has 0 atom stereocenters. The summed E-state index contributed by atoms with van der Waals surface area (Å²) < 4.78 is 0. The van der Waals surface area contributed by atoms with Gasteiger partial charge in [0.15, 0.2) is 0 Å². The van der Waals surface area contributed by atoms with Gasteiger partial charge in [0.05, 0.1) is 5.41 Å². The molecule has 116 valence electrons. The Morgan fingerprint density at radius 3 is 2.20 bits per heavy atom. The highest BCUT2D eigenvalue weighted by Gasteiger charge is 2.47. The molecule has 0 aliphatic heterocycles. The van der Waals surface area contributed by atoms with E-state index in [4.69, 9.17) is 5.73 Å². The van der Waals surface area contributed by atoms with Crippen molar-refractivity contribution in [1.29, 1.82) is 0 Å². The van der Waals surface area contributed by atoms with E-state index >= 15 is 0 Å². The molecule has 5 nitrogen and oxygen atoms in total. The van der Waals surface area contributed by atoms with Crippen LogP contribution in [0.1, 0.15) is 53.4 Å². The zero-order chi connectivity index (χ0) is 15.6. The van der Waals surface area contributed by atoms with Crippen LogP contribution >= 0.6 is 0 Å². The van der Waals surface area contributed by atoms with Gasteiger partial charge in [-0.25, -0.2) is 4.79 Å². The van der Waals surface area contributed by atoms with Gasteiger partial charge in [-0.1, -0.05) is 6.92 Å². The predicted octanol–water partition coefficient (Wildman–Crippen LogP) is 1.85. The van der Waals surface area contributed by atoms with Crippen LogP contribution in [0.2, 0.25) is 0 Å². The summed E-state index contributed by atoms with van der Waals surface area (Å²) in [7, 11) is 0. The summed E-state index contributed by atoms with van der Waals surface area (Å²) in [6.07, 6.45) is 3.48. The predicted molar refractivity (Wildman–Crippen MR) is 78.2 cm³/mol. The maximum absolute atomic E-state index is 12.9. The minimum atomic E-state index is -1.20. The fourth-order valence-corrected chi connectivity index (χ4v) is 3.01. The minimum absolute atomic E-state index is 0.0956. The van der Waals surface area contributed by atoms with Gasteiger partial charge in [-0.2, -0.15) is 0 Å². The van der Waals surface area contributed by atoms with E-state index in [1.165, 1.54) is 4.90 Å². The smallest absolute Gasteiger partial charge is 0.329 e. The summed E-state index contributed by atoms with van der Waals surface area (Å²) in [6.45, 7) is 7.83. The lowest BCUT2D eigenvalue weighted by Gasteiger charge is -2.44. The molecule has 1 amide bonds. The Hall–Kier alpha value is -1.10. The molecule has 1 rings (SSSR count). The van der Waals surface area contributed by atoms with Crippen molar-refractivity contribution in [2.24, 2.45) is 17.1 Å². The molecule has 0 aromatic carbocycles. The Kier molecular flexibility index (Phi) is 5.19. The Bertz CT molecular complexity index is 371. The summed E-state index contributed by atoms with van der Waals surface area (Å²) in [5.41, 5.74) is 4.13. The highest BCUT2D eigenvalue weighted by Crippen LogP contribution is 2.40. The van der Waals surface area contributed by atoms with E-state index in [0.717, 1.165) is 25.7 Å². The summed E-state index contributed by atoms with van der Waals surface area (Å²) in [5.74, 6) is -0.462. The second-order valence-corrected chi connectivity index (χ2v) is 6.58. The first-order valence-electron chi connectivity index (χ1n) is 7.47. The van der Waals surface area contributed by atoms with Crippen LogP contribution < -0.4 is 5.73 Å². The van der Waals surface area contributed by atoms with Crippen molar-refractivity contribution in [2.75, 3.05) is 13.1 Å². The molecule has 0 heterocycles. The van der Waals surface area contributed by atoms with Crippen LogP contribution in [-0.4, -0.2) is 40.5 Å². The molecule has 0 aromatic heterocycles. The van der Waals surface area contributed by atoms with Gasteiger partial charge in [0.1, 0.15) is 5.54 Å². The molecule has 1 aliphatic carbocycles. The number of hydrogen-bond donors (Lipinski definition) is 2. The van der Waals surface area contributed by atoms with Gasteiger partial charge in [-0.3, -0.25) is 4.79 Å². The number of carbonyl (C=O) groups is 2.